The van der Waals surface area contributed by atoms with E-state index >= 15 is 0 Å². The van der Waals surface area contributed by atoms with Gasteiger partial charge in [0.2, 0.25) is 0 Å². The van der Waals surface area contributed by atoms with E-state index < -0.39 is 0 Å². The minimum Gasteiger partial charge on any atom is -0.494 e. The molecule has 31 heavy (non-hydrogen) atoms. The van der Waals surface area contributed by atoms with Gasteiger partial charge in [0, 0.05) is 5.39 Å². The minimum absolute atomic E-state index is 0.157. The van der Waals surface area contributed by atoms with Crippen molar-refractivity contribution in [3.63, 3.8) is 0 Å². The van der Waals surface area contributed by atoms with E-state index in [9.17, 15) is 4.79 Å². The lowest BCUT2D eigenvalue weighted by atomic mass is 10.2. The van der Waals surface area contributed by atoms with Crippen LogP contribution in [0.1, 0.15) is 27.9 Å². The van der Waals surface area contributed by atoms with Crippen LogP contribution < -0.4 is 10.1 Å². The zero-order valence-electron chi connectivity index (χ0n) is 17.1. The normalized spacial score (nSPS) is 11.3. The quantitative estimate of drug-likeness (QED) is 0.361. The number of benzene rings is 2. The topological polar surface area (TPSA) is 69.0 Å². The van der Waals surface area contributed by atoms with Crippen LogP contribution in [0.3, 0.4) is 0 Å². The van der Waals surface area contributed by atoms with Crippen LogP contribution >= 0.6 is 22.7 Å². The highest BCUT2D eigenvalue weighted by molar-refractivity contribution is 7.23. The number of thiophene rings is 1. The maximum Gasteiger partial charge on any atom is 0.267 e. The van der Waals surface area contributed by atoms with Crippen LogP contribution in [0, 0.1) is 6.92 Å². The Kier molecular flexibility index (Phi) is 5.17. The van der Waals surface area contributed by atoms with Gasteiger partial charge in [0.1, 0.15) is 10.6 Å². The van der Waals surface area contributed by atoms with Crippen molar-refractivity contribution in [3.8, 4) is 5.75 Å². The summed E-state index contributed by atoms with van der Waals surface area (Å²) < 4.78 is 8.49. The summed E-state index contributed by atoms with van der Waals surface area (Å²) in [6, 6.07) is 17.9. The van der Waals surface area contributed by atoms with Gasteiger partial charge in [-0.3, -0.25) is 14.8 Å². The van der Waals surface area contributed by atoms with Gasteiger partial charge in [0.25, 0.3) is 5.91 Å². The number of hydrogen-bond acceptors (Lipinski definition) is 6. The Balaban J connectivity index is 1.39. The Morgan fingerprint density at radius 2 is 1.97 bits per heavy atom. The second-order valence-corrected chi connectivity index (χ2v) is 9.16. The molecule has 0 aliphatic carbocycles. The van der Waals surface area contributed by atoms with Gasteiger partial charge in [-0.2, -0.15) is 5.10 Å². The first kappa shape index (κ1) is 19.7. The number of ether oxygens (including phenoxy) is 1. The minimum atomic E-state index is -0.157. The molecule has 0 saturated carbocycles. The summed E-state index contributed by atoms with van der Waals surface area (Å²) in [5.41, 5.74) is 2.94. The molecule has 5 aromatic rings. The van der Waals surface area contributed by atoms with Gasteiger partial charge in [0.05, 0.1) is 33.9 Å². The van der Waals surface area contributed by atoms with Gasteiger partial charge in [0.15, 0.2) is 5.13 Å². The van der Waals surface area contributed by atoms with Gasteiger partial charge < -0.3 is 4.74 Å². The Hall–Kier alpha value is -3.23. The van der Waals surface area contributed by atoms with E-state index in [4.69, 9.17) is 4.74 Å². The lowest BCUT2D eigenvalue weighted by Gasteiger charge is -2.02. The number of nitrogens with one attached hydrogen (secondary N) is 1. The number of thiazole rings is 1. The van der Waals surface area contributed by atoms with Crippen molar-refractivity contribution in [1.29, 1.82) is 0 Å². The number of hydrogen-bond donors (Lipinski definition) is 1. The van der Waals surface area contributed by atoms with Crippen molar-refractivity contribution in [2.45, 2.75) is 20.4 Å². The third-order valence-electron chi connectivity index (χ3n) is 4.90. The molecule has 6 nitrogen and oxygen atoms in total. The zero-order valence-corrected chi connectivity index (χ0v) is 18.7. The summed E-state index contributed by atoms with van der Waals surface area (Å²) in [5, 5.41) is 9.19. The molecule has 5 rings (SSSR count). The summed E-state index contributed by atoms with van der Waals surface area (Å²) in [5.74, 6) is 0.649. The first-order valence-electron chi connectivity index (χ1n) is 9.96. The molecule has 156 valence electrons. The van der Waals surface area contributed by atoms with E-state index in [1.807, 2.05) is 61.0 Å². The van der Waals surface area contributed by atoms with E-state index in [1.54, 1.807) is 0 Å². The maximum absolute atomic E-state index is 12.9. The van der Waals surface area contributed by atoms with Gasteiger partial charge >= 0.3 is 0 Å². The van der Waals surface area contributed by atoms with Gasteiger partial charge in [-0.25, -0.2) is 4.98 Å². The largest absolute Gasteiger partial charge is 0.494 e. The van der Waals surface area contributed by atoms with Crippen molar-refractivity contribution in [2.24, 2.45) is 0 Å². The highest BCUT2D eigenvalue weighted by Crippen LogP contribution is 2.32. The molecule has 2 aromatic carbocycles. The summed E-state index contributed by atoms with van der Waals surface area (Å²) in [6.07, 6.45) is 0. The Morgan fingerprint density at radius 1 is 1.13 bits per heavy atom. The van der Waals surface area contributed by atoms with Gasteiger partial charge in [-0.1, -0.05) is 41.7 Å². The van der Waals surface area contributed by atoms with E-state index in [0.717, 1.165) is 31.9 Å². The Labute approximate surface area is 187 Å². The molecule has 1 N–H and O–H groups in total. The second kappa shape index (κ2) is 8.13. The summed E-state index contributed by atoms with van der Waals surface area (Å²) >= 11 is 2.89. The van der Waals surface area contributed by atoms with Crippen molar-refractivity contribution < 1.29 is 9.53 Å². The Morgan fingerprint density at radius 3 is 2.77 bits per heavy atom. The van der Waals surface area contributed by atoms with Crippen molar-refractivity contribution >= 4 is 54.1 Å². The molecule has 0 saturated heterocycles. The maximum atomic E-state index is 12.9. The smallest absolute Gasteiger partial charge is 0.267 e. The first-order valence-corrected chi connectivity index (χ1v) is 11.6. The molecular weight excluding hydrogens is 428 g/mol. The van der Waals surface area contributed by atoms with Crippen LogP contribution in [0.25, 0.3) is 20.4 Å². The lowest BCUT2D eigenvalue weighted by Crippen LogP contribution is -2.09. The third-order valence-corrected chi connectivity index (χ3v) is 6.98. The first-order chi connectivity index (χ1) is 15.1. The SMILES string of the molecule is CCOc1ccc2nc(NC(=O)c3cc4c(C)nn(Cc5ccccc5)c4s3)sc2c1. The molecule has 0 spiro atoms. The predicted octanol–water partition coefficient (Wildman–Crippen LogP) is 5.72. The number of nitrogens with zero attached hydrogens (tertiary/aromatic N) is 3. The number of fused-ring (bicyclic) bond motifs is 2. The molecule has 0 bridgehead atoms. The Bertz CT molecular complexity index is 1390. The second-order valence-electron chi connectivity index (χ2n) is 7.09. The molecule has 0 radical (unpaired) electrons. The number of amides is 1. The van der Waals surface area contributed by atoms with Crippen LogP contribution in [0.4, 0.5) is 5.13 Å². The molecule has 0 unspecified atom stereocenters. The van der Waals surface area contributed by atoms with Crippen molar-refractivity contribution in [3.05, 3.63) is 70.7 Å². The number of carbonyl (C=O) groups excluding carboxylic acids is 1. The fourth-order valence-electron chi connectivity index (χ4n) is 3.46. The molecule has 3 aromatic heterocycles. The molecule has 0 fully saturated rings. The molecule has 0 aliphatic heterocycles. The highest BCUT2D eigenvalue weighted by atomic mass is 32.1. The average molecular weight is 449 g/mol. The van der Waals surface area contributed by atoms with Crippen LogP contribution in [0.2, 0.25) is 0 Å². The molecular formula is C23H20N4O2S2. The number of carbonyl (C=O) groups is 1. The van der Waals surface area contributed by atoms with Crippen LogP contribution in [0.15, 0.2) is 54.6 Å². The number of rotatable bonds is 6. The van der Waals surface area contributed by atoms with Crippen LogP contribution in [-0.2, 0) is 6.54 Å². The van der Waals surface area contributed by atoms with Crippen LogP contribution in [-0.4, -0.2) is 27.3 Å². The standard InChI is InChI=1S/C23H20N4O2S2/c1-3-29-16-9-10-18-19(11-16)31-23(24-18)25-21(28)20-12-17-14(2)26-27(22(17)30-20)13-15-7-5-4-6-8-15/h4-12H,3,13H2,1-2H3,(H,24,25,28). The average Bonchev–Trinajstić information content (AvgIpc) is 3.44. The summed E-state index contributed by atoms with van der Waals surface area (Å²) in [4.78, 5) is 19.1. The molecule has 0 atom stereocenters. The van der Waals surface area contributed by atoms with E-state index in [0.29, 0.717) is 23.2 Å². The zero-order chi connectivity index (χ0) is 21.4. The fourth-order valence-corrected chi connectivity index (χ4v) is 5.41. The highest BCUT2D eigenvalue weighted by Gasteiger charge is 2.18. The van der Waals surface area contributed by atoms with E-state index in [1.165, 1.54) is 28.2 Å². The van der Waals surface area contributed by atoms with Gasteiger partial charge in [-0.15, -0.1) is 11.3 Å². The fraction of sp³-hybridized carbons (Fsp3) is 0.174. The molecule has 8 heteroatoms. The third kappa shape index (κ3) is 3.92. The van der Waals surface area contributed by atoms with Crippen LogP contribution in [0.5, 0.6) is 5.75 Å². The monoisotopic (exact) mass is 448 g/mol. The molecule has 3 heterocycles. The van der Waals surface area contributed by atoms with E-state index in [-0.39, 0.29) is 5.91 Å². The summed E-state index contributed by atoms with van der Waals surface area (Å²) in [6.45, 7) is 5.21. The summed E-state index contributed by atoms with van der Waals surface area (Å²) in [7, 11) is 0. The predicted molar refractivity (Wildman–Crippen MR) is 127 cm³/mol. The molecule has 1 amide bonds. The molecule has 0 aliphatic rings. The van der Waals surface area contributed by atoms with Gasteiger partial charge in [-0.05, 0) is 43.7 Å². The number of anilines is 1. The lowest BCUT2D eigenvalue weighted by molar-refractivity contribution is 0.103. The van der Waals surface area contributed by atoms with Crippen molar-refractivity contribution in [2.75, 3.05) is 11.9 Å². The number of aromatic nitrogens is 3. The van der Waals surface area contributed by atoms with Crippen molar-refractivity contribution in [1.82, 2.24) is 14.8 Å². The number of aryl methyl sites for hydroxylation is 1. The van der Waals surface area contributed by atoms with E-state index in [2.05, 4.69) is 27.5 Å².